The summed E-state index contributed by atoms with van der Waals surface area (Å²) in [7, 11) is 0. The molecule has 0 bridgehead atoms. The van der Waals surface area contributed by atoms with Gasteiger partial charge in [-0.1, -0.05) is 6.92 Å². The van der Waals surface area contributed by atoms with Crippen molar-refractivity contribution in [3.05, 3.63) is 17.5 Å². The van der Waals surface area contributed by atoms with Crippen LogP contribution < -0.4 is 0 Å². The van der Waals surface area contributed by atoms with Gasteiger partial charge in [0.05, 0.1) is 17.8 Å². The van der Waals surface area contributed by atoms with E-state index in [4.69, 9.17) is 5.11 Å². The summed E-state index contributed by atoms with van der Waals surface area (Å²) >= 11 is 0. The molecule has 0 fully saturated rings. The highest BCUT2D eigenvalue weighted by atomic mass is 16.4. The molecule has 0 aliphatic heterocycles. The SMILES string of the molecule is C[C@H]1Cc2cn[nH]c2[C@H](C(=O)O)C1. The van der Waals surface area contributed by atoms with Crippen molar-refractivity contribution in [3.8, 4) is 0 Å². The average Bonchev–Trinajstić information content (AvgIpc) is 2.49. The van der Waals surface area contributed by atoms with Gasteiger partial charge in [0.2, 0.25) is 0 Å². The van der Waals surface area contributed by atoms with E-state index >= 15 is 0 Å². The number of H-pyrrole nitrogens is 1. The fourth-order valence-corrected chi connectivity index (χ4v) is 1.99. The Morgan fingerprint density at radius 2 is 2.54 bits per heavy atom. The van der Waals surface area contributed by atoms with Crippen molar-refractivity contribution in [2.24, 2.45) is 5.92 Å². The van der Waals surface area contributed by atoms with Gasteiger partial charge >= 0.3 is 5.97 Å². The second-order valence-electron chi connectivity index (χ2n) is 3.74. The Bertz CT molecular complexity index is 332. The summed E-state index contributed by atoms with van der Waals surface area (Å²) in [5.41, 5.74) is 1.86. The number of carbonyl (C=O) groups is 1. The highest BCUT2D eigenvalue weighted by Gasteiger charge is 2.31. The molecule has 13 heavy (non-hydrogen) atoms. The molecule has 1 aliphatic carbocycles. The van der Waals surface area contributed by atoms with Crippen LogP contribution in [0, 0.1) is 5.92 Å². The lowest BCUT2D eigenvalue weighted by molar-refractivity contribution is -0.139. The van der Waals surface area contributed by atoms with E-state index in [1.807, 2.05) is 0 Å². The highest BCUT2D eigenvalue weighted by molar-refractivity contribution is 5.76. The Hall–Kier alpha value is -1.32. The number of aromatic amines is 1. The molecule has 0 aromatic carbocycles. The van der Waals surface area contributed by atoms with Gasteiger partial charge < -0.3 is 5.11 Å². The molecule has 0 spiro atoms. The van der Waals surface area contributed by atoms with Crippen molar-refractivity contribution in [1.29, 1.82) is 0 Å². The van der Waals surface area contributed by atoms with E-state index < -0.39 is 5.97 Å². The number of aromatic nitrogens is 2. The normalized spacial score (nSPS) is 26.8. The van der Waals surface area contributed by atoms with Crippen LogP contribution in [-0.2, 0) is 11.2 Å². The van der Waals surface area contributed by atoms with Gasteiger partial charge in [0, 0.05) is 0 Å². The first-order valence-corrected chi connectivity index (χ1v) is 4.43. The van der Waals surface area contributed by atoms with Crippen LogP contribution in [0.4, 0.5) is 0 Å². The number of aliphatic carboxylic acids is 1. The summed E-state index contributed by atoms with van der Waals surface area (Å²) in [6.45, 7) is 2.08. The lowest BCUT2D eigenvalue weighted by Crippen LogP contribution is -2.22. The molecule has 0 radical (unpaired) electrons. The van der Waals surface area contributed by atoms with E-state index in [1.54, 1.807) is 6.20 Å². The Labute approximate surface area is 76.0 Å². The molecule has 2 rings (SSSR count). The van der Waals surface area contributed by atoms with Gasteiger partial charge in [0.15, 0.2) is 0 Å². The zero-order valence-corrected chi connectivity index (χ0v) is 7.45. The van der Waals surface area contributed by atoms with Crippen molar-refractivity contribution < 1.29 is 9.90 Å². The van der Waals surface area contributed by atoms with Crippen molar-refractivity contribution in [2.75, 3.05) is 0 Å². The first-order chi connectivity index (χ1) is 6.18. The summed E-state index contributed by atoms with van der Waals surface area (Å²) in [6, 6.07) is 0. The fourth-order valence-electron chi connectivity index (χ4n) is 1.99. The second kappa shape index (κ2) is 2.87. The fraction of sp³-hybridized carbons (Fsp3) is 0.556. The van der Waals surface area contributed by atoms with E-state index in [2.05, 4.69) is 17.1 Å². The van der Waals surface area contributed by atoms with Crippen molar-refractivity contribution in [1.82, 2.24) is 10.2 Å². The van der Waals surface area contributed by atoms with Gasteiger partial charge in [0.1, 0.15) is 0 Å². The molecule has 1 aliphatic rings. The van der Waals surface area contributed by atoms with Crippen molar-refractivity contribution >= 4 is 5.97 Å². The lowest BCUT2D eigenvalue weighted by atomic mass is 9.81. The average molecular weight is 180 g/mol. The Morgan fingerprint density at radius 1 is 1.77 bits per heavy atom. The molecule has 1 heterocycles. The number of fused-ring (bicyclic) bond motifs is 1. The molecule has 4 heteroatoms. The molecule has 4 nitrogen and oxygen atoms in total. The van der Waals surface area contributed by atoms with Crippen LogP contribution in [-0.4, -0.2) is 21.3 Å². The van der Waals surface area contributed by atoms with E-state index in [9.17, 15) is 4.79 Å². The molecule has 2 atom stereocenters. The zero-order chi connectivity index (χ0) is 9.42. The first kappa shape index (κ1) is 8.29. The van der Waals surface area contributed by atoms with Crippen LogP contribution in [0.2, 0.25) is 0 Å². The highest BCUT2D eigenvalue weighted by Crippen LogP contribution is 2.33. The molecule has 2 N–H and O–H groups in total. The maximum Gasteiger partial charge on any atom is 0.312 e. The molecule has 1 aromatic heterocycles. The van der Waals surface area contributed by atoms with Crippen LogP contribution in [0.1, 0.15) is 30.5 Å². The lowest BCUT2D eigenvalue weighted by Gasteiger charge is -2.23. The number of carboxylic acid groups (broad SMARTS) is 1. The predicted molar refractivity (Wildman–Crippen MR) is 46.4 cm³/mol. The van der Waals surface area contributed by atoms with Gasteiger partial charge in [-0.05, 0) is 24.3 Å². The van der Waals surface area contributed by atoms with Gasteiger partial charge in [-0.15, -0.1) is 0 Å². The van der Waals surface area contributed by atoms with Gasteiger partial charge in [0.25, 0.3) is 0 Å². The molecular weight excluding hydrogens is 168 g/mol. The summed E-state index contributed by atoms with van der Waals surface area (Å²) in [6.07, 6.45) is 3.39. The van der Waals surface area contributed by atoms with E-state index in [-0.39, 0.29) is 5.92 Å². The standard InChI is InChI=1S/C9H12N2O2/c1-5-2-6-4-10-11-8(6)7(3-5)9(12)13/h4-5,7H,2-3H2,1H3,(H,10,11)(H,12,13)/t5-,7+/m0/s1. The predicted octanol–water partition coefficient (Wildman–Crippen LogP) is 1.16. The number of nitrogens with zero attached hydrogens (tertiary/aromatic N) is 1. The molecule has 0 amide bonds. The minimum Gasteiger partial charge on any atom is -0.481 e. The maximum absolute atomic E-state index is 10.9. The summed E-state index contributed by atoms with van der Waals surface area (Å²) in [4.78, 5) is 10.9. The molecule has 0 unspecified atom stereocenters. The number of rotatable bonds is 1. The monoisotopic (exact) mass is 180 g/mol. The smallest absolute Gasteiger partial charge is 0.312 e. The van der Waals surface area contributed by atoms with Crippen LogP contribution in [0.3, 0.4) is 0 Å². The Morgan fingerprint density at radius 3 is 3.23 bits per heavy atom. The summed E-state index contributed by atoms with van der Waals surface area (Å²) in [5.74, 6) is -0.704. The quantitative estimate of drug-likeness (QED) is 0.681. The van der Waals surface area contributed by atoms with E-state index in [0.29, 0.717) is 12.3 Å². The largest absolute Gasteiger partial charge is 0.481 e. The Balaban J connectivity index is 2.38. The summed E-state index contributed by atoms with van der Waals surface area (Å²) < 4.78 is 0. The third kappa shape index (κ3) is 1.32. The Kier molecular flexibility index (Phi) is 1.83. The van der Waals surface area contributed by atoms with E-state index in [0.717, 1.165) is 17.7 Å². The third-order valence-electron chi connectivity index (χ3n) is 2.60. The number of nitrogens with one attached hydrogen (secondary N) is 1. The molecular formula is C9H12N2O2. The van der Waals surface area contributed by atoms with Gasteiger partial charge in [-0.2, -0.15) is 5.10 Å². The van der Waals surface area contributed by atoms with Crippen LogP contribution >= 0.6 is 0 Å². The van der Waals surface area contributed by atoms with Crippen molar-refractivity contribution in [2.45, 2.75) is 25.7 Å². The van der Waals surface area contributed by atoms with Gasteiger partial charge in [-0.25, -0.2) is 0 Å². The second-order valence-corrected chi connectivity index (χ2v) is 3.74. The maximum atomic E-state index is 10.9. The minimum atomic E-state index is -0.753. The zero-order valence-electron chi connectivity index (χ0n) is 7.45. The molecule has 0 saturated carbocycles. The van der Waals surface area contributed by atoms with Crippen LogP contribution in [0.5, 0.6) is 0 Å². The van der Waals surface area contributed by atoms with Gasteiger partial charge in [-0.3, -0.25) is 9.89 Å². The number of hydrogen-bond donors (Lipinski definition) is 2. The molecule has 70 valence electrons. The topological polar surface area (TPSA) is 66.0 Å². The van der Waals surface area contributed by atoms with Crippen LogP contribution in [0.15, 0.2) is 6.20 Å². The molecule has 1 aromatic rings. The summed E-state index contributed by atoms with van der Waals surface area (Å²) in [5, 5.41) is 15.6. The molecule has 0 saturated heterocycles. The van der Waals surface area contributed by atoms with Crippen molar-refractivity contribution in [3.63, 3.8) is 0 Å². The van der Waals surface area contributed by atoms with E-state index in [1.165, 1.54) is 0 Å². The third-order valence-corrected chi connectivity index (χ3v) is 2.60. The number of hydrogen-bond acceptors (Lipinski definition) is 2. The first-order valence-electron chi connectivity index (χ1n) is 4.43. The van der Waals surface area contributed by atoms with Crippen LogP contribution in [0.25, 0.3) is 0 Å². The number of carboxylic acids is 1. The minimum absolute atomic E-state index is 0.388.